The van der Waals surface area contributed by atoms with Crippen LogP contribution in [0.4, 0.5) is 17.6 Å². The molecule has 18 heavy (non-hydrogen) atoms. The summed E-state index contributed by atoms with van der Waals surface area (Å²) in [6, 6.07) is 2.66. The van der Waals surface area contributed by atoms with Gasteiger partial charge in [0.05, 0.1) is 0 Å². The third kappa shape index (κ3) is 2.08. The summed E-state index contributed by atoms with van der Waals surface area (Å²) < 4.78 is 0. The van der Waals surface area contributed by atoms with Crippen LogP contribution in [0.25, 0.3) is 0 Å². The first-order chi connectivity index (χ1) is 8.76. The molecule has 2 aliphatic heterocycles. The lowest BCUT2D eigenvalue weighted by Crippen LogP contribution is -2.50. The quantitative estimate of drug-likeness (QED) is 0.789. The van der Waals surface area contributed by atoms with Gasteiger partial charge in [-0.25, -0.2) is 0 Å². The number of aromatic nitrogens is 2. The Hall–Kier alpha value is -1.56. The molecule has 1 atom stereocenters. The van der Waals surface area contributed by atoms with Crippen molar-refractivity contribution in [3.63, 3.8) is 0 Å². The number of piperazine rings is 1. The molecule has 2 saturated heterocycles. The Balaban J connectivity index is 1.80. The number of hydrogen-bond acceptors (Lipinski definition) is 6. The van der Waals surface area contributed by atoms with Gasteiger partial charge in [-0.2, -0.15) is 9.97 Å². The monoisotopic (exact) mass is 248 g/mol. The van der Waals surface area contributed by atoms with E-state index in [-0.39, 0.29) is 0 Å². The third-order valence-corrected chi connectivity index (χ3v) is 3.90. The van der Waals surface area contributed by atoms with Crippen LogP contribution in [0.15, 0.2) is 6.07 Å². The highest BCUT2D eigenvalue weighted by molar-refractivity contribution is 5.52. The Morgan fingerprint density at radius 2 is 2.22 bits per heavy atom. The summed E-state index contributed by atoms with van der Waals surface area (Å²) in [5, 5.41) is 3.03. The maximum absolute atomic E-state index is 5.75. The van der Waals surface area contributed by atoms with Gasteiger partial charge >= 0.3 is 0 Å². The summed E-state index contributed by atoms with van der Waals surface area (Å²) in [4.78, 5) is 13.4. The average molecular weight is 248 g/mol. The van der Waals surface area contributed by atoms with Gasteiger partial charge in [0.2, 0.25) is 5.95 Å². The molecule has 0 spiro atoms. The summed E-state index contributed by atoms with van der Waals surface area (Å²) in [6.45, 7) is 4.46. The van der Waals surface area contributed by atoms with Crippen molar-refractivity contribution in [3.05, 3.63) is 6.07 Å². The van der Waals surface area contributed by atoms with Crippen molar-refractivity contribution in [3.8, 4) is 0 Å². The molecule has 0 aliphatic carbocycles. The Bertz CT molecular complexity index is 435. The van der Waals surface area contributed by atoms with Crippen LogP contribution in [0.3, 0.4) is 0 Å². The van der Waals surface area contributed by atoms with Crippen LogP contribution in [-0.2, 0) is 0 Å². The number of hydrogen-bond donors (Lipinski definition) is 2. The van der Waals surface area contributed by atoms with Gasteiger partial charge in [0.25, 0.3) is 0 Å². The van der Waals surface area contributed by atoms with Gasteiger partial charge in [0.1, 0.15) is 11.6 Å². The van der Waals surface area contributed by atoms with Crippen molar-refractivity contribution in [2.24, 2.45) is 0 Å². The summed E-state index contributed by atoms with van der Waals surface area (Å²) in [6.07, 6.45) is 2.63. The van der Waals surface area contributed by atoms with E-state index in [1.165, 1.54) is 19.4 Å². The molecule has 1 aromatic heterocycles. The first-order valence-electron chi connectivity index (χ1n) is 6.57. The van der Waals surface area contributed by atoms with Crippen LogP contribution >= 0.6 is 0 Å². The first kappa shape index (κ1) is 11.5. The molecular weight excluding hydrogens is 228 g/mol. The van der Waals surface area contributed by atoms with E-state index in [0.717, 1.165) is 31.3 Å². The van der Waals surface area contributed by atoms with E-state index in [9.17, 15) is 0 Å². The van der Waals surface area contributed by atoms with Crippen LogP contribution in [0.5, 0.6) is 0 Å². The predicted molar refractivity (Wildman–Crippen MR) is 72.8 cm³/mol. The zero-order chi connectivity index (χ0) is 12.5. The van der Waals surface area contributed by atoms with Crippen molar-refractivity contribution in [1.82, 2.24) is 14.9 Å². The number of nitrogen functional groups attached to an aromatic ring is 1. The summed E-state index contributed by atoms with van der Waals surface area (Å²) >= 11 is 0. The van der Waals surface area contributed by atoms with Gasteiger partial charge in [-0.3, -0.25) is 4.90 Å². The molecule has 0 amide bonds. The number of rotatable bonds is 2. The normalized spacial score (nSPS) is 24.1. The molecule has 3 rings (SSSR count). The molecule has 1 unspecified atom stereocenters. The SMILES string of the molecule is CNc1cc(N2CCN3CCCC3C2)nc(N)n1. The van der Waals surface area contributed by atoms with Crippen molar-refractivity contribution in [2.45, 2.75) is 18.9 Å². The highest BCUT2D eigenvalue weighted by Gasteiger charge is 2.31. The molecule has 3 heterocycles. The smallest absolute Gasteiger partial charge is 0.223 e. The number of nitrogens with zero attached hydrogens (tertiary/aromatic N) is 4. The van der Waals surface area contributed by atoms with E-state index in [4.69, 9.17) is 5.73 Å². The van der Waals surface area contributed by atoms with E-state index in [0.29, 0.717) is 12.0 Å². The molecule has 0 saturated carbocycles. The van der Waals surface area contributed by atoms with Crippen LogP contribution in [0.2, 0.25) is 0 Å². The highest BCUT2D eigenvalue weighted by Crippen LogP contribution is 2.25. The maximum Gasteiger partial charge on any atom is 0.223 e. The standard InChI is InChI=1S/C12H20N6/c1-14-10-7-11(16-12(13)15-10)18-6-5-17-4-2-3-9(17)8-18/h7,9H,2-6,8H2,1H3,(H3,13,14,15,16). The highest BCUT2D eigenvalue weighted by atomic mass is 15.3. The van der Waals surface area contributed by atoms with E-state index in [1.807, 2.05) is 13.1 Å². The average Bonchev–Trinajstić information content (AvgIpc) is 2.85. The summed E-state index contributed by atoms with van der Waals surface area (Å²) in [5.41, 5.74) is 5.75. The van der Waals surface area contributed by atoms with Gasteiger partial charge < -0.3 is 16.0 Å². The topological polar surface area (TPSA) is 70.3 Å². The fraction of sp³-hybridized carbons (Fsp3) is 0.667. The maximum atomic E-state index is 5.75. The van der Waals surface area contributed by atoms with Crippen LogP contribution in [-0.4, -0.2) is 54.1 Å². The second-order valence-electron chi connectivity index (χ2n) is 5.00. The second kappa shape index (κ2) is 4.61. The van der Waals surface area contributed by atoms with Gasteiger partial charge in [-0.1, -0.05) is 0 Å². The number of nitrogens with one attached hydrogen (secondary N) is 1. The van der Waals surface area contributed by atoms with Gasteiger partial charge in [-0.15, -0.1) is 0 Å². The Labute approximate surface area is 107 Å². The third-order valence-electron chi connectivity index (χ3n) is 3.90. The van der Waals surface area contributed by atoms with Crippen LogP contribution in [0.1, 0.15) is 12.8 Å². The fourth-order valence-electron chi connectivity index (χ4n) is 2.94. The Morgan fingerprint density at radius 3 is 3.06 bits per heavy atom. The fourth-order valence-corrected chi connectivity index (χ4v) is 2.94. The lowest BCUT2D eigenvalue weighted by atomic mass is 10.1. The predicted octanol–water partition coefficient (Wildman–Crippen LogP) is 0.385. The molecule has 0 radical (unpaired) electrons. The first-order valence-corrected chi connectivity index (χ1v) is 6.57. The Morgan fingerprint density at radius 1 is 1.33 bits per heavy atom. The number of anilines is 3. The van der Waals surface area contributed by atoms with Crippen LogP contribution < -0.4 is 16.0 Å². The molecule has 2 aliphatic rings. The van der Waals surface area contributed by atoms with Gasteiger partial charge in [-0.05, 0) is 19.4 Å². The second-order valence-corrected chi connectivity index (χ2v) is 5.00. The van der Waals surface area contributed by atoms with Crippen LogP contribution in [0, 0.1) is 0 Å². The van der Waals surface area contributed by atoms with Crippen molar-refractivity contribution in [2.75, 3.05) is 49.2 Å². The number of fused-ring (bicyclic) bond motifs is 1. The van der Waals surface area contributed by atoms with Gasteiger partial charge in [0, 0.05) is 38.8 Å². The lowest BCUT2D eigenvalue weighted by Gasteiger charge is -2.38. The molecule has 6 heteroatoms. The minimum atomic E-state index is 0.339. The summed E-state index contributed by atoms with van der Waals surface area (Å²) in [7, 11) is 1.85. The molecule has 6 nitrogen and oxygen atoms in total. The number of nitrogens with two attached hydrogens (primary N) is 1. The van der Waals surface area contributed by atoms with E-state index in [1.54, 1.807) is 0 Å². The molecule has 2 fully saturated rings. The molecule has 3 N–H and O–H groups in total. The van der Waals surface area contributed by atoms with Crippen molar-refractivity contribution >= 4 is 17.6 Å². The minimum absolute atomic E-state index is 0.339. The minimum Gasteiger partial charge on any atom is -0.373 e. The van der Waals surface area contributed by atoms with Gasteiger partial charge in [0.15, 0.2) is 0 Å². The van der Waals surface area contributed by atoms with Crippen molar-refractivity contribution in [1.29, 1.82) is 0 Å². The van der Waals surface area contributed by atoms with E-state index < -0.39 is 0 Å². The lowest BCUT2D eigenvalue weighted by molar-refractivity contribution is 0.230. The zero-order valence-corrected chi connectivity index (χ0v) is 10.8. The van der Waals surface area contributed by atoms with Crippen molar-refractivity contribution < 1.29 is 0 Å². The molecule has 98 valence electrons. The van der Waals surface area contributed by atoms with E-state index >= 15 is 0 Å². The molecule has 0 aromatic carbocycles. The largest absolute Gasteiger partial charge is 0.373 e. The van der Waals surface area contributed by atoms with E-state index in [2.05, 4.69) is 25.1 Å². The molecule has 1 aromatic rings. The summed E-state index contributed by atoms with van der Waals surface area (Å²) in [5.74, 6) is 2.07. The molecular formula is C12H20N6. The molecule has 0 bridgehead atoms. The Kier molecular flexibility index (Phi) is 2.95. The zero-order valence-electron chi connectivity index (χ0n) is 10.8.